The molecule has 1 N–H and O–H groups in total. The summed E-state index contributed by atoms with van der Waals surface area (Å²) in [5.74, 6) is -0.169. The second-order valence-corrected chi connectivity index (χ2v) is 7.81. The van der Waals surface area contributed by atoms with Gasteiger partial charge in [0.1, 0.15) is 5.69 Å². The topological polar surface area (TPSA) is 72.7 Å². The van der Waals surface area contributed by atoms with E-state index in [0.29, 0.717) is 5.69 Å². The maximum Gasteiger partial charge on any atom is 0.276 e. The lowest BCUT2D eigenvalue weighted by Gasteiger charge is -2.06. The number of carbonyl (C=O) groups is 1. The summed E-state index contributed by atoms with van der Waals surface area (Å²) in [5.41, 5.74) is 7.47. The lowest BCUT2D eigenvalue weighted by molar-refractivity contribution is 0.102. The van der Waals surface area contributed by atoms with Gasteiger partial charge in [0.05, 0.1) is 5.69 Å². The van der Waals surface area contributed by atoms with E-state index in [0.717, 1.165) is 53.2 Å². The fraction of sp³-hybridized carbons (Fsp3) is 0.182. The Morgan fingerprint density at radius 2 is 1.86 bits per heavy atom. The first-order valence-corrected chi connectivity index (χ1v) is 10.4. The van der Waals surface area contributed by atoms with E-state index in [2.05, 4.69) is 51.2 Å². The zero-order valence-corrected chi connectivity index (χ0v) is 16.7. The third kappa shape index (κ3) is 3.34. The number of rotatable bonds is 4. The van der Waals surface area contributed by atoms with Crippen molar-refractivity contribution in [1.82, 2.24) is 19.4 Å². The molecule has 4 aromatic rings. The highest BCUT2D eigenvalue weighted by Gasteiger charge is 2.27. The molecule has 1 aliphatic rings. The van der Waals surface area contributed by atoms with Crippen LogP contribution in [0.25, 0.3) is 16.9 Å². The van der Waals surface area contributed by atoms with E-state index in [1.807, 2.05) is 34.3 Å². The molecular weight excluding hydrogens is 382 g/mol. The molecule has 2 aromatic heterocycles. The zero-order valence-electron chi connectivity index (χ0n) is 15.9. The average Bonchev–Trinajstić information content (AvgIpc) is 3.47. The molecule has 0 radical (unpaired) electrons. The van der Waals surface area contributed by atoms with Crippen molar-refractivity contribution in [3.05, 3.63) is 76.4 Å². The Morgan fingerprint density at radius 1 is 1.07 bits per heavy atom. The molecule has 29 heavy (non-hydrogen) atoms. The molecule has 0 bridgehead atoms. The summed E-state index contributed by atoms with van der Waals surface area (Å²) >= 11 is 1.32. The number of fused-ring (bicyclic) bond motifs is 1. The average molecular weight is 401 g/mol. The van der Waals surface area contributed by atoms with Crippen LogP contribution in [0.2, 0.25) is 0 Å². The fourth-order valence-electron chi connectivity index (χ4n) is 3.72. The second kappa shape index (κ2) is 7.25. The van der Waals surface area contributed by atoms with Gasteiger partial charge in [-0.1, -0.05) is 34.3 Å². The third-order valence-electron chi connectivity index (χ3n) is 5.22. The quantitative estimate of drug-likeness (QED) is 0.549. The molecule has 5 rings (SSSR count). The molecule has 6 nitrogen and oxygen atoms in total. The van der Waals surface area contributed by atoms with Crippen LogP contribution in [-0.2, 0) is 12.8 Å². The van der Waals surface area contributed by atoms with Gasteiger partial charge in [-0.3, -0.25) is 4.79 Å². The van der Waals surface area contributed by atoms with Gasteiger partial charge < -0.3 is 5.32 Å². The van der Waals surface area contributed by atoms with Crippen LogP contribution in [0.4, 0.5) is 5.69 Å². The summed E-state index contributed by atoms with van der Waals surface area (Å²) in [6.07, 6.45) is 2.88. The molecule has 0 aliphatic heterocycles. The smallest absolute Gasteiger partial charge is 0.276 e. The number of anilines is 1. The van der Waals surface area contributed by atoms with Gasteiger partial charge in [0.2, 0.25) is 0 Å². The monoisotopic (exact) mass is 401 g/mol. The summed E-state index contributed by atoms with van der Waals surface area (Å²) in [4.78, 5) is 13.0. The van der Waals surface area contributed by atoms with Gasteiger partial charge in [-0.25, -0.2) is 4.68 Å². The van der Waals surface area contributed by atoms with E-state index in [1.165, 1.54) is 17.1 Å². The molecule has 0 saturated carbocycles. The van der Waals surface area contributed by atoms with E-state index >= 15 is 0 Å². The second-order valence-electron chi connectivity index (χ2n) is 7.20. The summed E-state index contributed by atoms with van der Waals surface area (Å²) in [6, 6.07) is 15.9. The normalized spacial score (nSPS) is 12.7. The largest absolute Gasteiger partial charge is 0.321 e. The maximum absolute atomic E-state index is 13.0. The summed E-state index contributed by atoms with van der Waals surface area (Å²) in [7, 11) is 0. The third-order valence-corrected chi connectivity index (χ3v) is 5.73. The van der Waals surface area contributed by atoms with Crippen molar-refractivity contribution in [3.8, 4) is 16.9 Å². The predicted molar refractivity (Wildman–Crippen MR) is 114 cm³/mol. The molecule has 144 valence electrons. The van der Waals surface area contributed by atoms with Gasteiger partial charge in [-0.15, -0.1) is 5.10 Å². The van der Waals surface area contributed by atoms with Gasteiger partial charge in [-0.05, 0) is 62.0 Å². The Labute approximate surface area is 172 Å². The van der Waals surface area contributed by atoms with E-state index < -0.39 is 0 Å². The first kappa shape index (κ1) is 17.8. The van der Waals surface area contributed by atoms with Gasteiger partial charge in [-0.2, -0.15) is 5.10 Å². The maximum atomic E-state index is 13.0. The van der Waals surface area contributed by atoms with Crippen LogP contribution in [0.3, 0.4) is 0 Å². The standard InChI is InChI=1S/C22H19N5OS/c1-14-5-11-17(12-6-14)27-20-4-2-3-18(20)21(25-27)22(28)23-16-9-7-15(8-10-16)19-13-29-26-24-19/h5-13H,2-4H2,1H3,(H,23,28). The number of hydrogen-bond acceptors (Lipinski definition) is 5. The highest BCUT2D eigenvalue weighted by atomic mass is 32.1. The molecule has 0 atom stereocenters. The van der Waals surface area contributed by atoms with E-state index in [1.54, 1.807) is 0 Å². The number of nitrogens with zero attached hydrogens (tertiary/aromatic N) is 4. The first-order valence-electron chi connectivity index (χ1n) is 9.56. The lowest BCUT2D eigenvalue weighted by atomic mass is 10.1. The van der Waals surface area contributed by atoms with Crippen LogP contribution >= 0.6 is 11.5 Å². The van der Waals surface area contributed by atoms with Crippen molar-refractivity contribution in [2.75, 3.05) is 5.32 Å². The van der Waals surface area contributed by atoms with E-state index in [4.69, 9.17) is 0 Å². The number of nitrogens with one attached hydrogen (secondary N) is 1. The molecule has 0 unspecified atom stereocenters. The van der Waals surface area contributed by atoms with Crippen LogP contribution in [0, 0.1) is 6.92 Å². The molecule has 0 spiro atoms. The molecule has 2 aromatic carbocycles. The molecule has 7 heteroatoms. The molecule has 1 aliphatic carbocycles. The Kier molecular flexibility index (Phi) is 4.44. The predicted octanol–water partition coefficient (Wildman–Crippen LogP) is 4.44. The Morgan fingerprint density at radius 3 is 2.59 bits per heavy atom. The fourth-order valence-corrected chi connectivity index (χ4v) is 4.19. The summed E-state index contributed by atoms with van der Waals surface area (Å²) < 4.78 is 5.81. The van der Waals surface area contributed by atoms with Gasteiger partial charge >= 0.3 is 0 Å². The number of amides is 1. The molecule has 0 saturated heterocycles. The molecule has 0 fully saturated rings. The summed E-state index contributed by atoms with van der Waals surface area (Å²) in [6.45, 7) is 2.06. The highest BCUT2D eigenvalue weighted by Crippen LogP contribution is 2.29. The summed E-state index contributed by atoms with van der Waals surface area (Å²) in [5, 5.41) is 13.6. The number of carbonyl (C=O) groups excluding carboxylic acids is 1. The van der Waals surface area contributed by atoms with Gasteiger partial charge in [0.25, 0.3) is 5.91 Å². The molecule has 1 amide bonds. The van der Waals surface area contributed by atoms with Crippen LogP contribution in [0.1, 0.15) is 33.7 Å². The van der Waals surface area contributed by atoms with Crippen molar-refractivity contribution in [2.24, 2.45) is 0 Å². The van der Waals surface area contributed by atoms with Crippen molar-refractivity contribution in [3.63, 3.8) is 0 Å². The number of aryl methyl sites for hydroxylation is 1. The van der Waals surface area contributed by atoms with E-state index in [9.17, 15) is 4.79 Å². The van der Waals surface area contributed by atoms with Crippen molar-refractivity contribution in [2.45, 2.75) is 26.2 Å². The lowest BCUT2D eigenvalue weighted by Crippen LogP contribution is -2.15. The van der Waals surface area contributed by atoms with Crippen LogP contribution in [-0.4, -0.2) is 25.3 Å². The van der Waals surface area contributed by atoms with E-state index in [-0.39, 0.29) is 5.91 Å². The van der Waals surface area contributed by atoms with Gasteiger partial charge in [0.15, 0.2) is 5.69 Å². The minimum Gasteiger partial charge on any atom is -0.321 e. The Balaban J connectivity index is 1.41. The Hall–Kier alpha value is -3.32. The number of aromatic nitrogens is 4. The van der Waals surface area contributed by atoms with Crippen molar-refractivity contribution in [1.29, 1.82) is 0 Å². The van der Waals surface area contributed by atoms with Crippen LogP contribution in [0.5, 0.6) is 0 Å². The van der Waals surface area contributed by atoms with Crippen LogP contribution in [0.15, 0.2) is 53.9 Å². The number of benzene rings is 2. The zero-order chi connectivity index (χ0) is 19.8. The van der Waals surface area contributed by atoms with Crippen molar-refractivity contribution >= 4 is 23.1 Å². The van der Waals surface area contributed by atoms with Gasteiger partial charge in [0, 0.05) is 27.9 Å². The molecular formula is C22H19N5OS. The van der Waals surface area contributed by atoms with Crippen LogP contribution < -0.4 is 5.32 Å². The minimum absolute atomic E-state index is 0.169. The Bertz CT molecular complexity index is 1160. The highest BCUT2D eigenvalue weighted by molar-refractivity contribution is 7.03. The molecule has 2 heterocycles. The minimum atomic E-state index is -0.169. The first-order chi connectivity index (χ1) is 14.2. The number of hydrogen-bond donors (Lipinski definition) is 1. The SMILES string of the molecule is Cc1ccc(-n2nc(C(=O)Nc3ccc(-c4csnn4)cc3)c3c2CCC3)cc1. The van der Waals surface area contributed by atoms with Crippen molar-refractivity contribution < 1.29 is 4.79 Å².